The van der Waals surface area contributed by atoms with Crippen LogP contribution in [-0.2, 0) is 0 Å². The number of aromatic nitrogens is 2. The van der Waals surface area contributed by atoms with Crippen LogP contribution in [0.15, 0.2) is 6.20 Å². The molecule has 1 aromatic heterocycles. The molecule has 0 amide bonds. The first kappa shape index (κ1) is 11.2. The highest BCUT2D eigenvalue weighted by atomic mass is 16.4. The maximum Gasteiger partial charge on any atom is 0.339 e. The second kappa shape index (κ2) is 4.28. The molecule has 0 aromatic carbocycles. The van der Waals surface area contributed by atoms with Gasteiger partial charge < -0.3 is 5.11 Å². The van der Waals surface area contributed by atoms with E-state index in [4.69, 9.17) is 5.11 Å². The molecule has 1 saturated carbocycles. The normalized spacial score (nSPS) is 17.2. The maximum atomic E-state index is 11.1. The Hall–Kier alpha value is -1.32. The highest BCUT2D eigenvalue weighted by Crippen LogP contribution is 2.30. The van der Waals surface area contributed by atoms with Crippen LogP contribution < -0.4 is 0 Å². The molecule has 0 bridgehead atoms. The van der Waals surface area contributed by atoms with E-state index in [0.29, 0.717) is 17.3 Å². The van der Waals surface area contributed by atoms with Crippen molar-refractivity contribution in [3.8, 4) is 0 Å². The van der Waals surface area contributed by atoms with Gasteiger partial charge in [0.05, 0.1) is 11.7 Å². The average molecular weight is 222 g/mol. The Bertz CT molecular complexity index is 390. The summed E-state index contributed by atoms with van der Waals surface area (Å²) in [6, 6.07) is 0.408. The van der Waals surface area contributed by atoms with E-state index in [1.165, 1.54) is 12.8 Å². The van der Waals surface area contributed by atoms with Crippen molar-refractivity contribution in [1.82, 2.24) is 9.78 Å². The lowest BCUT2D eigenvalue weighted by Crippen LogP contribution is -2.05. The zero-order valence-electron chi connectivity index (χ0n) is 9.81. The Labute approximate surface area is 95.3 Å². The van der Waals surface area contributed by atoms with Crippen molar-refractivity contribution in [1.29, 1.82) is 0 Å². The van der Waals surface area contributed by atoms with Crippen LogP contribution in [0.3, 0.4) is 0 Å². The number of aromatic carboxylic acids is 1. The molecule has 16 heavy (non-hydrogen) atoms. The van der Waals surface area contributed by atoms with Crippen molar-refractivity contribution in [2.24, 2.45) is 0 Å². The van der Waals surface area contributed by atoms with Crippen LogP contribution in [0.5, 0.6) is 0 Å². The van der Waals surface area contributed by atoms with Gasteiger partial charge in [-0.1, -0.05) is 26.7 Å². The summed E-state index contributed by atoms with van der Waals surface area (Å²) < 4.78 is 1.87. The van der Waals surface area contributed by atoms with Gasteiger partial charge in [-0.05, 0) is 18.8 Å². The van der Waals surface area contributed by atoms with Gasteiger partial charge in [0.25, 0.3) is 0 Å². The van der Waals surface area contributed by atoms with Gasteiger partial charge in [-0.3, -0.25) is 4.68 Å². The van der Waals surface area contributed by atoms with Crippen LogP contribution in [-0.4, -0.2) is 20.9 Å². The largest absolute Gasteiger partial charge is 0.478 e. The first-order valence-corrected chi connectivity index (χ1v) is 5.92. The minimum Gasteiger partial charge on any atom is -0.478 e. The van der Waals surface area contributed by atoms with Crippen LogP contribution in [0.2, 0.25) is 0 Å². The van der Waals surface area contributed by atoms with Crippen molar-refractivity contribution in [3.63, 3.8) is 0 Å². The van der Waals surface area contributed by atoms with Gasteiger partial charge in [0.15, 0.2) is 0 Å². The number of nitrogens with zero attached hydrogens (tertiary/aromatic N) is 2. The second-order valence-electron chi connectivity index (χ2n) is 4.81. The lowest BCUT2D eigenvalue weighted by Gasteiger charge is -2.09. The van der Waals surface area contributed by atoms with E-state index in [-0.39, 0.29) is 5.92 Å². The lowest BCUT2D eigenvalue weighted by atomic mass is 10.1. The molecule has 1 N–H and O–H groups in total. The fourth-order valence-electron chi connectivity index (χ4n) is 2.35. The number of hydrogen-bond acceptors (Lipinski definition) is 2. The SMILES string of the molecule is CC(C)c1nn(C2CCCC2)cc1C(=O)O. The van der Waals surface area contributed by atoms with E-state index >= 15 is 0 Å². The molecule has 0 spiro atoms. The standard InChI is InChI=1S/C12H18N2O2/c1-8(2)11-10(12(15)16)7-14(13-11)9-5-3-4-6-9/h7-9H,3-6H2,1-2H3,(H,15,16). The van der Waals surface area contributed by atoms with E-state index < -0.39 is 5.97 Å². The first-order chi connectivity index (χ1) is 7.59. The van der Waals surface area contributed by atoms with Crippen molar-refractivity contribution in [2.75, 3.05) is 0 Å². The van der Waals surface area contributed by atoms with Crippen LogP contribution in [0.4, 0.5) is 0 Å². The zero-order chi connectivity index (χ0) is 11.7. The van der Waals surface area contributed by atoms with E-state index in [1.54, 1.807) is 6.20 Å². The van der Waals surface area contributed by atoms with Gasteiger partial charge in [0.2, 0.25) is 0 Å². The molecular weight excluding hydrogens is 204 g/mol. The van der Waals surface area contributed by atoms with Crippen LogP contribution in [0.1, 0.15) is 67.5 Å². The van der Waals surface area contributed by atoms with Gasteiger partial charge in [0, 0.05) is 6.20 Å². The molecule has 1 aliphatic carbocycles. The van der Waals surface area contributed by atoms with Crippen LogP contribution in [0, 0.1) is 0 Å². The third-order valence-electron chi connectivity index (χ3n) is 3.24. The Balaban J connectivity index is 2.34. The molecule has 4 heteroatoms. The molecule has 0 unspecified atom stereocenters. The fourth-order valence-corrected chi connectivity index (χ4v) is 2.35. The highest BCUT2D eigenvalue weighted by molar-refractivity contribution is 5.88. The van der Waals surface area contributed by atoms with E-state index in [1.807, 2.05) is 18.5 Å². The number of hydrogen-bond donors (Lipinski definition) is 1. The monoisotopic (exact) mass is 222 g/mol. The van der Waals surface area contributed by atoms with Crippen molar-refractivity contribution >= 4 is 5.97 Å². The average Bonchev–Trinajstić information content (AvgIpc) is 2.86. The molecule has 88 valence electrons. The minimum absolute atomic E-state index is 0.161. The molecule has 0 atom stereocenters. The smallest absolute Gasteiger partial charge is 0.339 e. The Kier molecular flexibility index (Phi) is 2.99. The Morgan fingerprint density at radius 1 is 1.50 bits per heavy atom. The molecular formula is C12H18N2O2. The van der Waals surface area contributed by atoms with Gasteiger partial charge in [-0.2, -0.15) is 5.10 Å². The molecule has 1 aliphatic rings. The predicted molar refractivity (Wildman–Crippen MR) is 60.8 cm³/mol. The Morgan fingerprint density at radius 2 is 2.12 bits per heavy atom. The second-order valence-corrected chi connectivity index (χ2v) is 4.81. The maximum absolute atomic E-state index is 11.1. The van der Waals surface area contributed by atoms with E-state index in [0.717, 1.165) is 12.8 Å². The van der Waals surface area contributed by atoms with Crippen molar-refractivity contribution in [2.45, 2.75) is 51.5 Å². The summed E-state index contributed by atoms with van der Waals surface area (Å²) in [5.74, 6) is -0.707. The van der Waals surface area contributed by atoms with Crippen LogP contribution in [0.25, 0.3) is 0 Å². The fraction of sp³-hybridized carbons (Fsp3) is 0.667. The number of carbonyl (C=O) groups is 1. The molecule has 1 heterocycles. The molecule has 4 nitrogen and oxygen atoms in total. The summed E-state index contributed by atoms with van der Waals surface area (Å²) in [5, 5.41) is 13.6. The number of rotatable bonds is 3. The topological polar surface area (TPSA) is 55.1 Å². The summed E-state index contributed by atoms with van der Waals surface area (Å²) in [6.45, 7) is 3.96. The summed E-state index contributed by atoms with van der Waals surface area (Å²) in [7, 11) is 0. The van der Waals surface area contributed by atoms with Gasteiger partial charge in [-0.15, -0.1) is 0 Å². The zero-order valence-corrected chi connectivity index (χ0v) is 9.81. The summed E-state index contributed by atoms with van der Waals surface area (Å²) in [6.07, 6.45) is 6.40. The third kappa shape index (κ3) is 1.96. The quantitative estimate of drug-likeness (QED) is 0.855. The minimum atomic E-state index is -0.868. The third-order valence-corrected chi connectivity index (χ3v) is 3.24. The number of carboxylic acids is 1. The Morgan fingerprint density at radius 3 is 2.56 bits per heavy atom. The molecule has 1 aromatic rings. The highest BCUT2D eigenvalue weighted by Gasteiger charge is 2.23. The van der Waals surface area contributed by atoms with Gasteiger partial charge in [-0.25, -0.2) is 4.79 Å². The van der Waals surface area contributed by atoms with E-state index in [9.17, 15) is 4.79 Å². The summed E-state index contributed by atoms with van der Waals surface area (Å²) >= 11 is 0. The van der Waals surface area contributed by atoms with Crippen molar-refractivity contribution < 1.29 is 9.90 Å². The lowest BCUT2D eigenvalue weighted by molar-refractivity contribution is 0.0695. The van der Waals surface area contributed by atoms with Gasteiger partial charge in [0.1, 0.15) is 5.56 Å². The number of carboxylic acid groups (broad SMARTS) is 1. The molecule has 0 radical (unpaired) electrons. The van der Waals surface area contributed by atoms with Gasteiger partial charge >= 0.3 is 5.97 Å². The molecule has 0 saturated heterocycles. The van der Waals surface area contributed by atoms with Crippen LogP contribution >= 0.6 is 0 Å². The van der Waals surface area contributed by atoms with E-state index in [2.05, 4.69) is 5.10 Å². The summed E-state index contributed by atoms with van der Waals surface area (Å²) in [5.41, 5.74) is 1.07. The van der Waals surface area contributed by atoms with Crippen molar-refractivity contribution in [3.05, 3.63) is 17.5 Å². The molecule has 1 fully saturated rings. The first-order valence-electron chi connectivity index (χ1n) is 5.92. The summed E-state index contributed by atoms with van der Waals surface area (Å²) in [4.78, 5) is 11.1. The molecule has 0 aliphatic heterocycles. The predicted octanol–water partition coefficient (Wildman–Crippen LogP) is 2.82. The molecule has 2 rings (SSSR count).